The van der Waals surface area contributed by atoms with Crippen LogP contribution in [-0.2, 0) is 9.59 Å². The van der Waals surface area contributed by atoms with Crippen molar-refractivity contribution in [3.63, 3.8) is 0 Å². The minimum Gasteiger partial charge on any atom is -0.330 e. The number of benzene rings is 2. The van der Waals surface area contributed by atoms with Crippen molar-refractivity contribution < 1.29 is 18.4 Å². The molecular weight excluding hydrogens is 338 g/mol. The highest BCUT2D eigenvalue weighted by molar-refractivity contribution is 5.98. The molecule has 0 heterocycles. The number of carbonyl (C=O) groups excluding carboxylic acids is 2. The second kappa shape index (κ2) is 8.89. The molecule has 2 amide bonds. The number of hydrogen-bond acceptors (Lipinski definition) is 2. The number of nitrogens with zero attached hydrogens (tertiary/aromatic N) is 1. The van der Waals surface area contributed by atoms with Crippen molar-refractivity contribution in [1.29, 1.82) is 0 Å². The molecule has 2 aromatic carbocycles. The molecule has 0 aliphatic heterocycles. The Balaban J connectivity index is 2.00. The first-order chi connectivity index (χ1) is 12.4. The van der Waals surface area contributed by atoms with Gasteiger partial charge in [0.2, 0.25) is 11.8 Å². The lowest BCUT2D eigenvalue weighted by Gasteiger charge is -2.18. The summed E-state index contributed by atoms with van der Waals surface area (Å²) in [4.78, 5) is 25.6. The molecule has 0 fully saturated rings. The number of anilines is 1. The molecule has 0 saturated heterocycles. The molecule has 6 heteroatoms. The average Bonchev–Trinajstić information content (AvgIpc) is 2.62. The van der Waals surface area contributed by atoms with Gasteiger partial charge >= 0.3 is 0 Å². The summed E-state index contributed by atoms with van der Waals surface area (Å²) in [6, 6.07) is 10.9. The summed E-state index contributed by atoms with van der Waals surface area (Å²) in [7, 11) is 0. The van der Waals surface area contributed by atoms with E-state index in [1.807, 2.05) is 31.2 Å². The molecule has 0 radical (unpaired) electrons. The van der Waals surface area contributed by atoms with Crippen molar-refractivity contribution in [2.45, 2.75) is 13.8 Å². The van der Waals surface area contributed by atoms with E-state index in [9.17, 15) is 18.4 Å². The first kappa shape index (κ1) is 19.3. The Morgan fingerprint density at radius 3 is 2.27 bits per heavy atom. The summed E-state index contributed by atoms with van der Waals surface area (Å²) in [5.74, 6) is -2.77. The van der Waals surface area contributed by atoms with Gasteiger partial charge in [-0.15, -0.1) is 0 Å². The van der Waals surface area contributed by atoms with Crippen LogP contribution in [0.4, 0.5) is 14.5 Å². The fourth-order valence-electron chi connectivity index (χ4n) is 2.27. The second-order valence-corrected chi connectivity index (χ2v) is 5.74. The van der Waals surface area contributed by atoms with Crippen LogP contribution in [0.15, 0.2) is 48.5 Å². The molecular formula is C20H20F2N2O2. The van der Waals surface area contributed by atoms with E-state index in [1.54, 1.807) is 13.0 Å². The molecule has 0 bridgehead atoms. The van der Waals surface area contributed by atoms with Crippen molar-refractivity contribution in [3.05, 3.63) is 71.3 Å². The van der Waals surface area contributed by atoms with E-state index in [-0.39, 0.29) is 19.0 Å². The smallest absolute Gasteiger partial charge is 0.247 e. The zero-order valence-electron chi connectivity index (χ0n) is 14.6. The van der Waals surface area contributed by atoms with Crippen LogP contribution in [0.3, 0.4) is 0 Å². The predicted molar refractivity (Wildman–Crippen MR) is 97.5 cm³/mol. The number of rotatable bonds is 6. The van der Waals surface area contributed by atoms with Gasteiger partial charge in [0.05, 0.1) is 0 Å². The standard InChI is InChI=1S/C20H20F2N2O2/c1-3-24(19(26)12-11-15-9-7-14(2)8-10-15)13-18(25)23-20-16(21)5-4-6-17(20)22/h4-12H,3,13H2,1-2H3,(H,23,25). The van der Waals surface area contributed by atoms with Gasteiger partial charge in [-0.2, -0.15) is 0 Å². The SMILES string of the molecule is CCN(CC(=O)Nc1c(F)cccc1F)C(=O)C=Cc1ccc(C)cc1. The fourth-order valence-corrected chi connectivity index (χ4v) is 2.27. The summed E-state index contributed by atoms with van der Waals surface area (Å²) < 4.78 is 27.2. The van der Waals surface area contributed by atoms with E-state index in [2.05, 4.69) is 5.32 Å². The number of likely N-dealkylation sites (N-methyl/N-ethyl adjacent to an activating group) is 1. The number of amides is 2. The second-order valence-electron chi connectivity index (χ2n) is 5.74. The molecule has 0 aromatic heterocycles. The zero-order valence-corrected chi connectivity index (χ0v) is 14.6. The molecule has 0 aliphatic rings. The van der Waals surface area contributed by atoms with E-state index in [0.717, 1.165) is 23.3 Å². The molecule has 2 aromatic rings. The maximum atomic E-state index is 13.6. The van der Waals surface area contributed by atoms with E-state index < -0.39 is 23.2 Å². The molecule has 0 unspecified atom stereocenters. The molecule has 1 N–H and O–H groups in total. The lowest BCUT2D eigenvalue weighted by molar-refractivity contribution is -0.130. The molecule has 0 saturated carbocycles. The lowest BCUT2D eigenvalue weighted by Crippen LogP contribution is -2.37. The first-order valence-corrected chi connectivity index (χ1v) is 8.18. The van der Waals surface area contributed by atoms with Gasteiger partial charge in [-0.05, 0) is 37.6 Å². The highest BCUT2D eigenvalue weighted by Crippen LogP contribution is 2.17. The van der Waals surface area contributed by atoms with Crippen LogP contribution in [0.1, 0.15) is 18.1 Å². The largest absolute Gasteiger partial charge is 0.330 e. The Kier molecular flexibility index (Phi) is 6.60. The molecule has 26 heavy (non-hydrogen) atoms. The number of nitrogens with one attached hydrogen (secondary N) is 1. The molecule has 0 aliphatic carbocycles. The monoisotopic (exact) mass is 358 g/mol. The summed E-state index contributed by atoms with van der Waals surface area (Å²) in [5, 5.41) is 2.17. The van der Waals surface area contributed by atoms with Crippen LogP contribution in [0.25, 0.3) is 6.08 Å². The van der Waals surface area contributed by atoms with Crippen LogP contribution >= 0.6 is 0 Å². The molecule has 136 valence electrons. The van der Waals surface area contributed by atoms with Gasteiger partial charge in [0.25, 0.3) is 0 Å². The summed E-state index contributed by atoms with van der Waals surface area (Å²) in [6.45, 7) is 3.66. The molecule has 2 rings (SSSR count). The van der Waals surface area contributed by atoms with Crippen molar-refractivity contribution in [2.75, 3.05) is 18.4 Å². The predicted octanol–water partition coefficient (Wildman–Crippen LogP) is 3.77. The van der Waals surface area contributed by atoms with E-state index in [4.69, 9.17) is 0 Å². The highest BCUT2D eigenvalue weighted by Gasteiger charge is 2.16. The van der Waals surface area contributed by atoms with Crippen LogP contribution in [-0.4, -0.2) is 29.8 Å². The van der Waals surface area contributed by atoms with Crippen LogP contribution < -0.4 is 5.32 Å². The van der Waals surface area contributed by atoms with Gasteiger partial charge in [0.1, 0.15) is 23.9 Å². The average molecular weight is 358 g/mol. The number of carbonyl (C=O) groups is 2. The van der Waals surface area contributed by atoms with E-state index in [1.165, 1.54) is 17.0 Å². The maximum Gasteiger partial charge on any atom is 0.247 e. The first-order valence-electron chi connectivity index (χ1n) is 8.18. The number of aryl methyl sites for hydroxylation is 1. The summed E-state index contributed by atoms with van der Waals surface area (Å²) >= 11 is 0. The quantitative estimate of drug-likeness (QED) is 0.799. The summed E-state index contributed by atoms with van der Waals surface area (Å²) in [6.07, 6.45) is 3.02. The lowest BCUT2D eigenvalue weighted by atomic mass is 10.1. The third-order valence-electron chi connectivity index (χ3n) is 3.75. The van der Waals surface area contributed by atoms with Gasteiger partial charge in [-0.3, -0.25) is 9.59 Å². The molecule has 4 nitrogen and oxygen atoms in total. The van der Waals surface area contributed by atoms with Gasteiger partial charge in [0.15, 0.2) is 0 Å². The number of halogens is 2. The minimum absolute atomic E-state index is 0.282. The Hall–Kier alpha value is -3.02. The van der Waals surface area contributed by atoms with Crippen LogP contribution in [0.5, 0.6) is 0 Å². The maximum absolute atomic E-state index is 13.6. The third kappa shape index (κ3) is 5.24. The Bertz CT molecular complexity index is 797. The Labute approximate surface area is 151 Å². The molecule has 0 spiro atoms. The Morgan fingerprint density at radius 2 is 1.69 bits per heavy atom. The highest BCUT2D eigenvalue weighted by atomic mass is 19.1. The summed E-state index contributed by atoms with van der Waals surface area (Å²) in [5.41, 5.74) is 1.45. The number of hydrogen-bond donors (Lipinski definition) is 1. The topological polar surface area (TPSA) is 49.4 Å². The third-order valence-corrected chi connectivity index (χ3v) is 3.75. The van der Waals surface area contributed by atoms with Crippen LogP contribution in [0, 0.1) is 18.6 Å². The minimum atomic E-state index is -0.869. The molecule has 0 atom stereocenters. The zero-order chi connectivity index (χ0) is 19.1. The van der Waals surface area contributed by atoms with Crippen molar-refractivity contribution in [2.24, 2.45) is 0 Å². The van der Waals surface area contributed by atoms with Crippen molar-refractivity contribution in [1.82, 2.24) is 4.90 Å². The van der Waals surface area contributed by atoms with Gasteiger partial charge < -0.3 is 10.2 Å². The van der Waals surface area contributed by atoms with Gasteiger partial charge in [0, 0.05) is 12.6 Å². The van der Waals surface area contributed by atoms with Crippen molar-refractivity contribution >= 4 is 23.6 Å². The van der Waals surface area contributed by atoms with Gasteiger partial charge in [-0.25, -0.2) is 8.78 Å². The Morgan fingerprint density at radius 1 is 1.08 bits per heavy atom. The fraction of sp³-hybridized carbons (Fsp3) is 0.200. The van der Waals surface area contributed by atoms with E-state index >= 15 is 0 Å². The van der Waals surface area contributed by atoms with Crippen LogP contribution in [0.2, 0.25) is 0 Å². The number of para-hydroxylation sites is 1. The van der Waals surface area contributed by atoms with Crippen molar-refractivity contribution in [3.8, 4) is 0 Å². The van der Waals surface area contributed by atoms with Gasteiger partial charge in [-0.1, -0.05) is 35.9 Å². The normalized spacial score (nSPS) is 10.8. The van der Waals surface area contributed by atoms with E-state index in [0.29, 0.717) is 0 Å².